The lowest BCUT2D eigenvalue weighted by Crippen LogP contribution is -2.22. The van der Waals surface area contributed by atoms with Gasteiger partial charge in [0.1, 0.15) is 5.25 Å². The highest BCUT2D eigenvalue weighted by Gasteiger charge is 2.20. The topological polar surface area (TPSA) is 62.8 Å². The molecule has 0 saturated heterocycles. The Balaban J connectivity index is 2.69. The van der Waals surface area contributed by atoms with E-state index >= 15 is 0 Å². The minimum atomic E-state index is -0.611. The molecular weight excluding hydrogens is 188 g/mol. The number of aromatic amines is 1. The molecule has 0 bridgehead atoms. The first-order chi connectivity index (χ1) is 6.11. The quantitative estimate of drug-likeness (QED) is 0.580. The van der Waals surface area contributed by atoms with E-state index in [0.29, 0.717) is 0 Å². The molecule has 0 atom stereocenters. The van der Waals surface area contributed by atoms with E-state index in [0.717, 1.165) is 5.03 Å². The van der Waals surface area contributed by atoms with Gasteiger partial charge in [-0.25, -0.2) is 0 Å². The van der Waals surface area contributed by atoms with E-state index in [-0.39, 0.29) is 11.6 Å². The first kappa shape index (κ1) is 9.98. The molecule has 1 aromatic rings. The van der Waals surface area contributed by atoms with Crippen molar-refractivity contribution in [2.75, 3.05) is 0 Å². The molecule has 0 aromatic carbocycles. The van der Waals surface area contributed by atoms with Crippen molar-refractivity contribution in [2.24, 2.45) is 0 Å². The van der Waals surface area contributed by atoms with Gasteiger partial charge in [-0.15, -0.1) is 0 Å². The predicted molar refractivity (Wildman–Crippen MR) is 49.6 cm³/mol. The molecular formula is C8H10N2O2S. The van der Waals surface area contributed by atoms with Crippen molar-refractivity contribution in [3.63, 3.8) is 0 Å². The number of aromatic nitrogens is 2. The van der Waals surface area contributed by atoms with Gasteiger partial charge in [0.25, 0.3) is 0 Å². The van der Waals surface area contributed by atoms with E-state index in [4.69, 9.17) is 0 Å². The number of carbonyl (C=O) groups is 2. The van der Waals surface area contributed by atoms with E-state index in [9.17, 15) is 9.59 Å². The number of nitrogens with zero attached hydrogens (tertiary/aromatic N) is 1. The Bertz CT molecular complexity index is 294. The number of H-pyrrole nitrogens is 1. The number of thioether (sulfide) groups is 1. The standard InChI is InChI=1S/C8H10N2O2S/c1-5(11)8(6(2)12)13-7-3-4-9-10-7/h3-4,8H,1-2H3,(H,9,10). The smallest absolute Gasteiger partial charge is 0.150 e. The van der Waals surface area contributed by atoms with Crippen LogP contribution in [0.2, 0.25) is 0 Å². The van der Waals surface area contributed by atoms with Gasteiger partial charge in [0.15, 0.2) is 11.6 Å². The van der Waals surface area contributed by atoms with E-state index in [2.05, 4.69) is 10.2 Å². The summed E-state index contributed by atoms with van der Waals surface area (Å²) < 4.78 is 0. The summed E-state index contributed by atoms with van der Waals surface area (Å²) in [6, 6.07) is 1.73. The second-order valence-corrected chi connectivity index (χ2v) is 3.79. The van der Waals surface area contributed by atoms with Gasteiger partial charge < -0.3 is 0 Å². The molecule has 1 heterocycles. The van der Waals surface area contributed by atoms with Crippen LogP contribution >= 0.6 is 11.8 Å². The number of carbonyl (C=O) groups excluding carboxylic acids is 2. The minimum Gasteiger partial charge on any atom is -0.298 e. The van der Waals surface area contributed by atoms with Crippen LogP contribution in [0.3, 0.4) is 0 Å². The van der Waals surface area contributed by atoms with E-state index < -0.39 is 5.25 Å². The average Bonchev–Trinajstić information content (AvgIpc) is 2.50. The molecule has 0 unspecified atom stereocenters. The molecule has 0 fully saturated rings. The fraction of sp³-hybridized carbons (Fsp3) is 0.375. The molecule has 1 aromatic heterocycles. The minimum absolute atomic E-state index is 0.132. The number of Topliss-reactive ketones (excluding diaryl/α,β-unsaturated/α-hetero) is 2. The molecule has 1 N–H and O–H groups in total. The molecule has 0 aliphatic rings. The monoisotopic (exact) mass is 198 g/mol. The molecule has 5 heteroatoms. The van der Waals surface area contributed by atoms with Crippen LogP contribution in [0.5, 0.6) is 0 Å². The van der Waals surface area contributed by atoms with Crippen LogP contribution in [0, 0.1) is 0 Å². The molecule has 0 aliphatic heterocycles. The van der Waals surface area contributed by atoms with Gasteiger partial charge in [-0.3, -0.25) is 14.7 Å². The molecule has 13 heavy (non-hydrogen) atoms. The van der Waals surface area contributed by atoms with Crippen molar-refractivity contribution in [1.29, 1.82) is 0 Å². The highest BCUT2D eigenvalue weighted by molar-refractivity contribution is 8.01. The van der Waals surface area contributed by atoms with E-state index in [1.54, 1.807) is 12.3 Å². The van der Waals surface area contributed by atoms with Crippen molar-refractivity contribution in [2.45, 2.75) is 24.1 Å². The Morgan fingerprint density at radius 1 is 1.46 bits per heavy atom. The zero-order valence-corrected chi connectivity index (χ0v) is 8.22. The summed E-state index contributed by atoms with van der Waals surface area (Å²) in [5.41, 5.74) is 0. The summed E-state index contributed by atoms with van der Waals surface area (Å²) in [6.45, 7) is 2.82. The van der Waals surface area contributed by atoms with Crippen molar-refractivity contribution in [3.05, 3.63) is 12.3 Å². The van der Waals surface area contributed by atoms with Crippen molar-refractivity contribution in [1.82, 2.24) is 10.2 Å². The zero-order chi connectivity index (χ0) is 9.84. The third-order valence-electron chi connectivity index (χ3n) is 1.46. The fourth-order valence-corrected chi connectivity index (χ4v) is 1.72. The second kappa shape index (κ2) is 4.23. The molecule has 0 saturated carbocycles. The normalized spacial score (nSPS) is 10.4. The number of hydrogen-bond donors (Lipinski definition) is 1. The maximum atomic E-state index is 11.0. The molecule has 0 aliphatic carbocycles. The van der Waals surface area contributed by atoms with Gasteiger partial charge in [0.05, 0.1) is 5.03 Å². The van der Waals surface area contributed by atoms with Gasteiger partial charge in [0, 0.05) is 6.20 Å². The van der Waals surface area contributed by atoms with Gasteiger partial charge in [0.2, 0.25) is 0 Å². The van der Waals surface area contributed by atoms with Crippen LogP contribution in [0.15, 0.2) is 17.3 Å². The van der Waals surface area contributed by atoms with E-state index in [1.165, 1.54) is 25.6 Å². The van der Waals surface area contributed by atoms with E-state index in [1.807, 2.05) is 0 Å². The second-order valence-electron chi connectivity index (χ2n) is 2.64. The maximum Gasteiger partial charge on any atom is 0.150 e. The first-order valence-electron chi connectivity index (χ1n) is 3.78. The Morgan fingerprint density at radius 3 is 2.46 bits per heavy atom. The lowest BCUT2D eigenvalue weighted by Gasteiger charge is -2.06. The van der Waals surface area contributed by atoms with Crippen LogP contribution in [-0.4, -0.2) is 27.0 Å². The molecule has 70 valence electrons. The Hall–Kier alpha value is -1.10. The average molecular weight is 198 g/mol. The zero-order valence-electron chi connectivity index (χ0n) is 7.40. The lowest BCUT2D eigenvalue weighted by molar-refractivity contribution is -0.123. The maximum absolute atomic E-state index is 11.0. The van der Waals surface area contributed by atoms with Gasteiger partial charge >= 0.3 is 0 Å². The summed E-state index contributed by atoms with van der Waals surface area (Å²) in [4.78, 5) is 22.1. The van der Waals surface area contributed by atoms with Gasteiger partial charge in [-0.2, -0.15) is 5.10 Å². The molecule has 0 amide bonds. The van der Waals surface area contributed by atoms with Crippen LogP contribution < -0.4 is 0 Å². The summed E-state index contributed by atoms with van der Waals surface area (Å²) in [6.07, 6.45) is 1.58. The summed E-state index contributed by atoms with van der Waals surface area (Å²) in [7, 11) is 0. The van der Waals surface area contributed by atoms with Crippen LogP contribution in [-0.2, 0) is 9.59 Å². The molecule has 1 rings (SSSR count). The highest BCUT2D eigenvalue weighted by Crippen LogP contribution is 2.21. The van der Waals surface area contributed by atoms with Crippen LogP contribution in [0.1, 0.15) is 13.8 Å². The Morgan fingerprint density at radius 2 is 2.08 bits per heavy atom. The molecule has 4 nitrogen and oxygen atoms in total. The van der Waals surface area contributed by atoms with Crippen molar-refractivity contribution >= 4 is 23.3 Å². The van der Waals surface area contributed by atoms with Crippen LogP contribution in [0.25, 0.3) is 0 Å². The summed E-state index contributed by atoms with van der Waals surface area (Å²) in [5.74, 6) is -0.265. The Kier molecular flexibility index (Phi) is 3.25. The molecule has 0 spiro atoms. The third-order valence-corrected chi connectivity index (χ3v) is 2.84. The SMILES string of the molecule is CC(=O)C(Sc1ccn[nH]1)C(C)=O. The van der Waals surface area contributed by atoms with Crippen molar-refractivity contribution < 1.29 is 9.59 Å². The van der Waals surface area contributed by atoms with Crippen LogP contribution in [0.4, 0.5) is 0 Å². The number of rotatable bonds is 4. The largest absolute Gasteiger partial charge is 0.298 e. The third kappa shape index (κ3) is 2.69. The Labute approximate surface area is 80.1 Å². The highest BCUT2D eigenvalue weighted by atomic mass is 32.2. The fourth-order valence-electron chi connectivity index (χ4n) is 0.888. The molecule has 0 radical (unpaired) electrons. The van der Waals surface area contributed by atoms with Gasteiger partial charge in [-0.1, -0.05) is 11.8 Å². The number of ketones is 2. The first-order valence-corrected chi connectivity index (χ1v) is 4.66. The van der Waals surface area contributed by atoms with Crippen molar-refractivity contribution in [3.8, 4) is 0 Å². The number of nitrogens with one attached hydrogen (secondary N) is 1. The van der Waals surface area contributed by atoms with Gasteiger partial charge in [-0.05, 0) is 19.9 Å². The predicted octanol–water partition coefficient (Wildman–Crippen LogP) is 1.05. The number of hydrogen-bond acceptors (Lipinski definition) is 4. The summed E-state index contributed by atoms with van der Waals surface area (Å²) >= 11 is 1.19. The summed E-state index contributed by atoms with van der Waals surface area (Å²) in [5, 5.41) is 6.53. The lowest BCUT2D eigenvalue weighted by atomic mass is 10.2.